The largest absolute Gasteiger partial charge is 0.396 e. The third-order valence-corrected chi connectivity index (χ3v) is 3.71. The second-order valence-electron chi connectivity index (χ2n) is 5.09. The smallest absolute Gasteiger partial charge is 0.255 e. The molecule has 1 aromatic heterocycles. The summed E-state index contributed by atoms with van der Waals surface area (Å²) in [5, 5.41) is 8.97. The Morgan fingerprint density at radius 2 is 2.43 bits per heavy atom. The van der Waals surface area contributed by atoms with E-state index in [4.69, 9.17) is 10.8 Å². The highest BCUT2D eigenvalue weighted by Crippen LogP contribution is 2.24. The van der Waals surface area contributed by atoms with Crippen molar-refractivity contribution >= 4 is 5.91 Å². The lowest BCUT2D eigenvalue weighted by Crippen LogP contribution is -2.36. The lowest BCUT2D eigenvalue weighted by atomic mass is 10.1. The quantitative estimate of drug-likeness (QED) is 0.802. The summed E-state index contributed by atoms with van der Waals surface area (Å²) in [7, 11) is 0. The molecular formula is C16H21N3O2. The summed E-state index contributed by atoms with van der Waals surface area (Å²) in [6.07, 6.45) is 6.80. The first-order valence-electron chi connectivity index (χ1n) is 7.32. The van der Waals surface area contributed by atoms with Crippen LogP contribution in [-0.4, -0.2) is 46.6 Å². The van der Waals surface area contributed by atoms with Crippen molar-refractivity contribution < 1.29 is 9.90 Å². The number of amides is 1. The summed E-state index contributed by atoms with van der Waals surface area (Å²) in [5.41, 5.74) is 6.60. The van der Waals surface area contributed by atoms with Crippen LogP contribution >= 0.6 is 0 Å². The van der Waals surface area contributed by atoms with Gasteiger partial charge in [-0.3, -0.25) is 9.78 Å². The van der Waals surface area contributed by atoms with Crippen molar-refractivity contribution in [3.63, 3.8) is 0 Å². The molecule has 0 spiro atoms. The highest BCUT2D eigenvalue weighted by atomic mass is 16.3. The van der Waals surface area contributed by atoms with E-state index in [1.807, 2.05) is 4.90 Å². The van der Waals surface area contributed by atoms with Crippen LogP contribution in [0.4, 0.5) is 0 Å². The van der Waals surface area contributed by atoms with Crippen molar-refractivity contribution in [3.8, 4) is 11.8 Å². The van der Waals surface area contributed by atoms with Gasteiger partial charge in [0.2, 0.25) is 0 Å². The van der Waals surface area contributed by atoms with Gasteiger partial charge in [-0.2, -0.15) is 0 Å². The van der Waals surface area contributed by atoms with Gasteiger partial charge in [-0.15, -0.1) is 0 Å². The Bertz CT molecular complexity index is 548. The van der Waals surface area contributed by atoms with Gasteiger partial charge in [0, 0.05) is 31.6 Å². The van der Waals surface area contributed by atoms with E-state index < -0.39 is 0 Å². The van der Waals surface area contributed by atoms with Crippen LogP contribution in [0.2, 0.25) is 0 Å². The van der Waals surface area contributed by atoms with E-state index in [0.29, 0.717) is 11.1 Å². The second-order valence-corrected chi connectivity index (χ2v) is 5.09. The summed E-state index contributed by atoms with van der Waals surface area (Å²) in [4.78, 5) is 18.7. The van der Waals surface area contributed by atoms with Crippen molar-refractivity contribution in [2.75, 3.05) is 19.7 Å². The zero-order chi connectivity index (χ0) is 15.1. The third-order valence-electron chi connectivity index (χ3n) is 3.71. The minimum absolute atomic E-state index is 0.000777. The number of aliphatic hydroxyl groups excluding tert-OH is 1. The van der Waals surface area contributed by atoms with Crippen molar-refractivity contribution in [3.05, 3.63) is 29.6 Å². The molecule has 1 atom stereocenters. The van der Waals surface area contributed by atoms with Crippen LogP contribution in [-0.2, 0) is 0 Å². The topological polar surface area (TPSA) is 79.5 Å². The highest BCUT2D eigenvalue weighted by Gasteiger charge is 2.29. The number of rotatable bonds is 4. The van der Waals surface area contributed by atoms with Gasteiger partial charge in [-0.25, -0.2) is 0 Å². The van der Waals surface area contributed by atoms with Gasteiger partial charge in [0.15, 0.2) is 0 Å². The van der Waals surface area contributed by atoms with E-state index in [1.54, 1.807) is 18.5 Å². The fourth-order valence-corrected chi connectivity index (χ4v) is 2.71. The Labute approximate surface area is 125 Å². The molecule has 1 aliphatic rings. The lowest BCUT2D eigenvalue weighted by molar-refractivity contribution is 0.0724. The van der Waals surface area contributed by atoms with Crippen LogP contribution in [0.1, 0.15) is 41.6 Å². The highest BCUT2D eigenvalue weighted by molar-refractivity contribution is 5.97. The molecule has 1 fully saturated rings. The van der Waals surface area contributed by atoms with Crippen LogP contribution in [0.3, 0.4) is 0 Å². The number of aliphatic hydroxyl groups is 1. The van der Waals surface area contributed by atoms with Gasteiger partial charge in [-0.1, -0.05) is 11.8 Å². The number of aromatic nitrogens is 1. The van der Waals surface area contributed by atoms with Gasteiger partial charge in [0.05, 0.1) is 17.7 Å². The SMILES string of the molecule is NCC#Cc1cnccc1C(=O)N1CCCC1CCCO. The number of carbonyl (C=O) groups is 1. The Kier molecular flexibility index (Phi) is 5.73. The summed E-state index contributed by atoms with van der Waals surface area (Å²) in [6.45, 7) is 1.19. The fraction of sp³-hybridized carbons (Fsp3) is 0.500. The van der Waals surface area contributed by atoms with Gasteiger partial charge in [0.25, 0.3) is 5.91 Å². The van der Waals surface area contributed by atoms with Crippen LogP contribution in [0.25, 0.3) is 0 Å². The molecule has 21 heavy (non-hydrogen) atoms. The van der Waals surface area contributed by atoms with E-state index in [0.717, 1.165) is 32.2 Å². The fourth-order valence-electron chi connectivity index (χ4n) is 2.71. The standard InChI is InChI=1S/C16H21N3O2/c17-8-1-4-13-12-18-9-7-15(13)16(21)19-10-2-5-14(19)6-3-11-20/h7,9,12,14,20H,2-3,5-6,8,10-11,17H2. The van der Waals surface area contributed by atoms with Crippen LogP contribution in [0.15, 0.2) is 18.5 Å². The molecule has 1 amide bonds. The molecule has 1 saturated heterocycles. The number of nitrogens with two attached hydrogens (primary N) is 1. The monoisotopic (exact) mass is 287 g/mol. The lowest BCUT2D eigenvalue weighted by Gasteiger charge is -2.25. The van der Waals surface area contributed by atoms with Gasteiger partial charge < -0.3 is 15.7 Å². The molecule has 0 aliphatic carbocycles. The molecule has 0 bridgehead atoms. The Balaban J connectivity index is 2.19. The Morgan fingerprint density at radius 3 is 3.19 bits per heavy atom. The third kappa shape index (κ3) is 3.81. The number of pyridine rings is 1. The van der Waals surface area contributed by atoms with E-state index in [1.165, 1.54) is 0 Å². The number of carbonyl (C=O) groups excluding carboxylic acids is 1. The number of hydrogen-bond acceptors (Lipinski definition) is 4. The number of hydrogen-bond donors (Lipinski definition) is 2. The van der Waals surface area contributed by atoms with E-state index >= 15 is 0 Å². The molecule has 112 valence electrons. The van der Waals surface area contributed by atoms with Crippen molar-refractivity contribution in [2.24, 2.45) is 5.73 Å². The predicted molar refractivity (Wildman–Crippen MR) is 80.5 cm³/mol. The predicted octanol–water partition coefficient (Wildman–Crippen LogP) is 0.769. The molecule has 2 heterocycles. The maximum Gasteiger partial charge on any atom is 0.255 e. The first-order chi connectivity index (χ1) is 10.3. The molecule has 0 saturated carbocycles. The molecule has 5 nitrogen and oxygen atoms in total. The minimum Gasteiger partial charge on any atom is -0.396 e. The molecule has 1 aliphatic heterocycles. The normalized spacial score (nSPS) is 17.4. The summed E-state index contributed by atoms with van der Waals surface area (Å²) < 4.78 is 0. The van der Waals surface area contributed by atoms with E-state index in [-0.39, 0.29) is 25.1 Å². The maximum atomic E-state index is 12.7. The zero-order valence-electron chi connectivity index (χ0n) is 12.1. The summed E-state index contributed by atoms with van der Waals surface area (Å²) in [5.74, 6) is 5.68. The molecule has 1 unspecified atom stereocenters. The first-order valence-corrected chi connectivity index (χ1v) is 7.32. The molecule has 0 aromatic carbocycles. The van der Waals surface area contributed by atoms with E-state index in [9.17, 15) is 4.79 Å². The minimum atomic E-state index is -0.000777. The van der Waals surface area contributed by atoms with Crippen LogP contribution < -0.4 is 5.73 Å². The zero-order valence-corrected chi connectivity index (χ0v) is 12.1. The van der Waals surface area contributed by atoms with Crippen LogP contribution in [0, 0.1) is 11.8 Å². The van der Waals surface area contributed by atoms with Gasteiger partial charge in [-0.05, 0) is 31.7 Å². The molecular weight excluding hydrogens is 266 g/mol. The molecule has 3 N–H and O–H groups in total. The first kappa shape index (κ1) is 15.5. The van der Waals surface area contributed by atoms with Crippen molar-refractivity contribution in [1.82, 2.24) is 9.88 Å². The van der Waals surface area contributed by atoms with Crippen LogP contribution in [0.5, 0.6) is 0 Å². The second kappa shape index (κ2) is 7.77. The maximum absolute atomic E-state index is 12.7. The average Bonchev–Trinajstić information content (AvgIpc) is 2.99. The molecule has 1 aromatic rings. The number of nitrogens with zero attached hydrogens (tertiary/aromatic N) is 2. The number of likely N-dealkylation sites (tertiary alicyclic amines) is 1. The molecule has 2 rings (SSSR count). The Morgan fingerprint density at radius 1 is 1.57 bits per heavy atom. The molecule has 0 radical (unpaired) electrons. The Hall–Kier alpha value is -1.90. The summed E-state index contributed by atoms with van der Waals surface area (Å²) in [6, 6.07) is 1.93. The van der Waals surface area contributed by atoms with Crippen molar-refractivity contribution in [1.29, 1.82) is 0 Å². The molecule has 5 heteroatoms. The van der Waals surface area contributed by atoms with E-state index in [2.05, 4.69) is 16.8 Å². The average molecular weight is 287 g/mol. The summed E-state index contributed by atoms with van der Waals surface area (Å²) >= 11 is 0. The van der Waals surface area contributed by atoms with Gasteiger partial charge >= 0.3 is 0 Å². The van der Waals surface area contributed by atoms with Gasteiger partial charge in [0.1, 0.15) is 0 Å². The van der Waals surface area contributed by atoms with Crippen molar-refractivity contribution in [2.45, 2.75) is 31.7 Å².